The van der Waals surface area contributed by atoms with Gasteiger partial charge in [-0.05, 0) is 120 Å². The average molecular weight is 851 g/mol. The number of benzene rings is 5. The van der Waals surface area contributed by atoms with Gasteiger partial charge in [-0.2, -0.15) is 0 Å². The first kappa shape index (κ1) is 44.7. The molecule has 316 valence electrons. The number of carbonyl (C=O) groups excluding carboxylic acids is 4. The van der Waals surface area contributed by atoms with Crippen LogP contribution in [0.25, 0.3) is 12.2 Å². The van der Waals surface area contributed by atoms with Gasteiger partial charge in [-0.15, -0.1) is 26.3 Å². The molecule has 0 aliphatic carbocycles. The molecule has 6 N–H and O–H groups in total. The van der Waals surface area contributed by atoms with Crippen LogP contribution in [0, 0.1) is 0 Å². The molecule has 61 heavy (non-hydrogen) atoms. The fraction of sp³-hybridized carbons (Fsp3) is 0.116. The molecule has 0 radical (unpaired) electrons. The second-order valence-corrected chi connectivity index (χ2v) is 12.9. The van der Waals surface area contributed by atoms with E-state index in [4.69, 9.17) is 20.9 Å². The molecule has 0 amide bonds. The highest BCUT2D eigenvalue weighted by Gasteiger charge is 2.36. The number of aliphatic hydroxyl groups excluding tert-OH is 2. The molecule has 5 aromatic rings. The van der Waals surface area contributed by atoms with E-state index in [0.717, 1.165) is 60.7 Å². The van der Waals surface area contributed by atoms with E-state index >= 15 is 0 Å². The van der Waals surface area contributed by atoms with E-state index in [1.807, 2.05) is 0 Å². The summed E-state index contributed by atoms with van der Waals surface area (Å²) in [6, 6.07) is 23.5. The maximum absolute atomic E-state index is 13.3. The van der Waals surface area contributed by atoms with Crippen LogP contribution in [0.4, 0.5) is 37.7 Å². The summed E-state index contributed by atoms with van der Waals surface area (Å²) in [7, 11) is 0. The molecule has 18 heteroatoms. The van der Waals surface area contributed by atoms with Gasteiger partial charge in [0.05, 0.1) is 17.0 Å². The summed E-state index contributed by atoms with van der Waals surface area (Å²) in [5, 5.41) is 22.5. The van der Waals surface area contributed by atoms with Gasteiger partial charge in [0.1, 0.15) is 35.2 Å². The van der Waals surface area contributed by atoms with E-state index in [1.165, 1.54) is 78.9 Å². The Labute approximate surface area is 341 Å². The number of alkyl halides is 6. The van der Waals surface area contributed by atoms with Crippen LogP contribution in [-0.2, 0) is 9.59 Å². The quantitative estimate of drug-likeness (QED) is 0.0267. The lowest BCUT2D eigenvalue weighted by atomic mass is 9.83. The zero-order valence-corrected chi connectivity index (χ0v) is 31.1. The third-order valence-electron chi connectivity index (χ3n) is 8.36. The molecule has 0 spiro atoms. The van der Waals surface area contributed by atoms with E-state index in [1.54, 1.807) is 0 Å². The van der Waals surface area contributed by atoms with Crippen LogP contribution in [0.5, 0.6) is 23.0 Å². The van der Waals surface area contributed by atoms with Crippen LogP contribution >= 0.6 is 0 Å². The van der Waals surface area contributed by atoms with Gasteiger partial charge in [0.25, 0.3) is 0 Å². The number of ketones is 2. The Morgan fingerprint density at radius 3 is 1.16 bits per heavy atom. The van der Waals surface area contributed by atoms with E-state index < -0.39 is 65.9 Å². The van der Waals surface area contributed by atoms with Gasteiger partial charge in [-0.3, -0.25) is 9.59 Å². The number of carbonyl (C=O) groups is 4. The molecular weight excluding hydrogens is 818 g/mol. The van der Waals surface area contributed by atoms with Crippen LogP contribution in [-0.4, -0.2) is 58.7 Å². The SMILES string of the molecule is Nc1cc(N)cc(C(C(O)C(=O)/C=C/c2ccc(C(=O)Oc3ccc(OC(F)(F)F)cc3)cc2)C(O)C(=O)/C=C/c2ccc(C(=O)Oc3ccc(OC(F)(F)F)cc3)cc2)c1. The molecule has 2 atom stereocenters. The smallest absolute Gasteiger partial charge is 0.423 e. The number of hydrogen-bond acceptors (Lipinski definition) is 12. The van der Waals surface area contributed by atoms with Crippen molar-refractivity contribution in [2.75, 3.05) is 11.5 Å². The van der Waals surface area contributed by atoms with E-state index in [2.05, 4.69) is 9.47 Å². The third kappa shape index (κ3) is 13.3. The first-order valence-electron chi connectivity index (χ1n) is 17.5. The average Bonchev–Trinajstić information content (AvgIpc) is 3.19. The highest BCUT2D eigenvalue weighted by Crippen LogP contribution is 2.31. The monoisotopic (exact) mass is 850 g/mol. The minimum absolute atomic E-state index is 0.0530. The number of esters is 2. The van der Waals surface area contributed by atoms with Gasteiger partial charge in [0, 0.05) is 11.4 Å². The first-order chi connectivity index (χ1) is 28.7. The van der Waals surface area contributed by atoms with Crippen LogP contribution in [0.3, 0.4) is 0 Å². The normalized spacial score (nSPS) is 13.3. The molecule has 0 saturated heterocycles. The first-order valence-corrected chi connectivity index (χ1v) is 17.5. The topological polar surface area (TPSA) is 198 Å². The Kier molecular flexibility index (Phi) is 14.0. The van der Waals surface area contributed by atoms with Crippen LogP contribution in [0.1, 0.15) is 43.3 Å². The predicted molar refractivity (Wildman–Crippen MR) is 207 cm³/mol. The fourth-order valence-electron chi connectivity index (χ4n) is 5.55. The maximum atomic E-state index is 13.3. The number of hydrogen-bond donors (Lipinski definition) is 4. The van der Waals surface area contributed by atoms with Crippen LogP contribution in [0.15, 0.2) is 127 Å². The zero-order chi connectivity index (χ0) is 44.5. The summed E-state index contributed by atoms with van der Waals surface area (Å²) < 4.78 is 92.3. The van der Waals surface area contributed by atoms with Gasteiger partial charge in [-0.25, -0.2) is 9.59 Å². The molecule has 0 fully saturated rings. The molecule has 5 aromatic carbocycles. The maximum Gasteiger partial charge on any atom is 0.573 e. The van der Waals surface area contributed by atoms with Gasteiger partial charge in [0.15, 0.2) is 11.6 Å². The molecule has 0 heterocycles. The second kappa shape index (κ2) is 19.1. The van der Waals surface area contributed by atoms with Crippen molar-refractivity contribution in [3.05, 3.63) is 155 Å². The summed E-state index contributed by atoms with van der Waals surface area (Å²) in [6.07, 6.45) is -9.24. The Morgan fingerprint density at radius 1 is 0.508 bits per heavy atom. The Hall–Kier alpha value is -7.44. The zero-order valence-electron chi connectivity index (χ0n) is 31.1. The van der Waals surface area contributed by atoms with E-state index in [-0.39, 0.29) is 39.6 Å². The third-order valence-corrected chi connectivity index (χ3v) is 8.36. The van der Waals surface area contributed by atoms with Crippen molar-refractivity contribution in [2.24, 2.45) is 0 Å². The van der Waals surface area contributed by atoms with Gasteiger partial charge < -0.3 is 40.6 Å². The van der Waals surface area contributed by atoms with Gasteiger partial charge in [-0.1, -0.05) is 36.4 Å². The molecule has 0 bridgehead atoms. The summed E-state index contributed by atoms with van der Waals surface area (Å²) in [5.41, 5.74) is 13.0. The molecule has 12 nitrogen and oxygen atoms in total. The van der Waals surface area contributed by atoms with E-state index in [9.17, 15) is 55.7 Å². The largest absolute Gasteiger partial charge is 0.573 e. The van der Waals surface area contributed by atoms with Crippen molar-refractivity contribution in [1.82, 2.24) is 0 Å². The summed E-state index contributed by atoms with van der Waals surface area (Å²) in [6.45, 7) is 0. The summed E-state index contributed by atoms with van der Waals surface area (Å²) in [4.78, 5) is 51.7. The Balaban J connectivity index is 1.23. The number of anilines is 2. The van der Waals surface area contributed by atoms with Crippen molar-refractivity contribution < 1.29 is 74.7 Å². The van der Waals surface area contributed by atoms with Crippen LogP contribution in [0.2, 0.25) is 0 Å². The second-order valence-electron chi connectivity index (χ2n) is 12.9. The van der Waals surface area contributed by atoms with Crippen molar-refractivity contribution in [1.29, 1.82) is 0 Å². The number of nitrogen functional groups attached to an aromatic ring is 2. The lowest BCUT2D eigenvalue weighted by Crippen LogP contribution is -2.38. The molecule has 0 aromatic heterocycles. The molecule has 0 saturated carbocycles. The molecule has 0 aliphatic heterocycles. The molecule has 0 aliphatic rings. The standard InChI is InChI=1S/C43H32F6N2O10/c44-42(45,46)60-33-15-11-31(12-16-33)58-40(56)26-7-1-24(2-8-26)5-19-35(52)38(54)37(28-21-29(50)23-30(51)22-28)39(55)36(53)20-6-25-3-9-27(10-4-25)41(57)59-32-13-17-34(18-14-32)61-43(47,48)49/h1-23,37-39,54-55H,50-51H2/b19-5+,20-6+. The Bertz CT molecular complexity index is 2250. The Morgan fingerprint density at radius 2 is 0.836 bits per heavy atom. The number of rotatable bonds is 15. The molecular formula is C43H32F6N2O10. The molecule has 2 unspecified atom stereocenters. The highest BCUT2D eigenvalue weighted by molar-refractivity contribution is 6.01. The van der Waals surface area contributed by atoms with E-state index in [0.29, 0.717) is 11.1 Å². The minimum Gasteiger partial charge on any atom is -0.423 e. The molecule has 5 rings (SSSR count). The number of ether oxygens (including phenoxy) is 4. The lowest BCUT2D eigenvalue weighted by Gasteiger charge is -2.26. The van der Waals surface area contributed by atoms with Crippen molar-refractivity contribution in [2.45, 2.75) is 30.9 Å². The number of halogens is 6. The summed E-state index contributed by atoms with van der Waals surface area (Å²) in [5.74, 6) is -6.24. The van der Waals surface area contributed by atoms with Crippen molar-refractivity contribution >= 4 is 47.0 Å². The lowest BCUT2D eigenvalue weighted by molar-refractivity contribution is -0.275. The summed E-state index contributed by atoms with van der Waals surface area (Å²) >= 11 is 0. The van der Waals surface area contributed by atoms with Crippen LogP contribution < -0.4 is 30.4 Å². The van der Waals surface area contributed by atoms with Crippen molar-refractivity contribution in [3.8, 4) is 23.0 Å². The van der Waals surface area contributed by atoms with Gasteiger partial charge >= 0.3 is 24.7 Å². The van der Waals surface area contributed by atoms with Crippen molar-refractivity contribution in [3.63, 3.8) is 0 Å². The van der Waals surface area contributed by atoms with Gasteiger partial charge in [0.2, 0.25) is 0 Å². The fourth-order valence-corrected chi connectivity index (χ4v) is 5.55. The predicted octanol–water partition coefficient (Wildman–Crippen LogP) is 7.46. The number of nitrogens with two attached hydrogens (primary N) is 2. The minimum atomic E-state index is -4.89. The highest BCUT2D eigenvalue weighted by atomic mass is 19.4. The number of aliphatic hydroxyl groups is 2.